The Kier molecular flexibility index (Phi) is 6.58. The Bertz CT molecular complexity index is 808. The molecule has 0 aliphatic carbocycles. The average Bonchev–Trinajstić information content (AvgIpc) is 2.61. The molecule has 0 spiro atoms. The Hall–Kier alpha value is -2.59. The van der Waals surface area contributed by atoms with Gasteiger partial charge in [-0.15, -0.1) is 0 Å². The molecule has 0 fully saturated rings. The van der Waals surface area contributed by atoms with Crippen LogP contribution in [0.4, 0.5) is 0 Å². The van der Waals surface area contributed by atoms with Crippen LogP contribution < -0.4 is 10.9 Å². The first kappa shape index (κ1) is 17.8. The van der Waals surface area contributed by atoms with Gasteiger partial charge in [-0.1, -0.05) is 42.1 Å². The highest BCUT2D eigenvalue weighted by molar-refractivity contribution is 8.13. The van der Waals surface area contributed by atoms with E-state index >= 15 is 0 Å². The summed E-state index contributed by atoms with van der Waals surface area (Å²) in [5.74, 6) is 0. The summed E-state index contributed by atoms with van der Waals surface area (Å²) < 4.78 is 1.49. The van der Waals surface area contributed by atoms with Gasteiger partial charge in [0.1, 0.15) is 0 Å². The molecule has 24 heavy (non-hydrogen) atoms. The Morgan fingerprint density at radius 3 is 2.83 bits per heavy atom. The van der Waals surface area contributed by atoms with Crippen molar-refractivity contribution in [3.63, 3.8) is 0 Å². The molecule has 124 valence electrons. The number of nitriles is 1. The second kappa shape index (κ2) is 8.89. The lowest BCUT2D eigenvalue weighted by Crippen LogP contribution is -2.25. The second-order valence-corrected chi connectivity index (χ2v) is 5.88. The van der Waals surface area contributed by atoms with E-state index in [1.165, 1.54) is 16.4 Å². The first-order valence-electron chi connectivity index (χ1n) is 7.53. The predicted octanol–water partition coefficient (Wildman–Crippen LogP) is 2.40. The molecule has 0 bridgehead atoms. The standard InChI is InChI=1S/C17H19N5OS/c1-13-11-15(14-7-4-3-5-8-14)21-22(16(13)23)10-6-9-19-17(24-2)20-12-18/h3-5,7-8,11H,6,9-10H2,1-2H3,(H,19,20). The lowest BCUT2D eigenvalue weighted by Gasteiger charge is -2.08. The van der Waals surface area contributed by atoms with Crippen LogP contribution in [-0.4, -0.2) is 27.7 Å². The van der Waals surface area contributed by atoms with Crippen molar-refractivity contribution in [1.82, 2.24) is 15.1 Å². The van der Waals surface area contributed by atoms with E-state index in [9.17, 15) is 4.79 Å². The monoisotopic (exact) mass is 341 g/mol. The zero-order valence-electron chi connectivity index (χ0n) is 13.7. The van der Waals surface area contributed by atoms with Gasteiger partial charge in [0.2, 0.25) is 0 Å². The molecule has 2 rings (SSSR count). The van der Waals surface area contributed by atoms with Crippen LogP contribution in [0, 0.1) is 18.4 Å². The quantitative estimate of drug-likeness (QED) is 0.297. The van der Waals surface area contributed by atoms with E-state index < -0.39 is 0 Å². The molecule has 0 saturated carbocycles. The molecular formula is C17H19N5OS. The number of benzene rings is 1. The summed E-state index contributed by atoms with van der Waals surface area (Å²) in [5.41, 5.74) is 2.35. The van der Waals surface area contributed by atoms with Crippen molar-refractivity contribution in [2.45, 2.75) is 19.9 Å². The van der Waals surface area contributed by atoms with Gasteiger partial charge < -0.3 is 0 Å². The number of aromatic nitrogens is 2. The Balaban J connectivity index is 2.12. The third-order valence-electron chi connectivity index (χ3n) is 3.36. The zero-order valence-corrected chi connectivity index (χ0v) is 14.5. The number of nitrogens with one attached hydrogen (secondary N) is 1. The fraction of sp³-hybridized carbons (Fsp3) is 0.294. The maximum absolute atomic E-state index is 12.2. The summed E-state index contributed by atoms with van der Waals surface area (Å²) in [7, 11) is 0. The number of aliphatic imine (C=N–C) groups is 1. The van der Waals surface area contributed by atoms with Crippen LogP contribution in [0.15, 0.2) is 46.2 Å². The van der Waals surface area contributed by atoms with Gasteiger partial charge in [0.15, 0.2) is 11.4 Å². The summed E-state index contributed by atoms with van der Waals surface area (Å²) in [5, 5.41) is 16.1. The van der Waals surface area contributed by atoms with Crippen molar-refractivity contribution in [2.24, 2.45) is 4.99 Å². The average molecular weight is 341 g/mol. The highest BCUT2D eigenvalue weighted by atomic mass is 32.2. The molecule has 1 heterocycles. The van der Waals surface area contributed by atoms with Gasteiger partial charge in [0.25, 0.3) is 5.56 Å². The third kappa shape index (κ3) is 4.70. The number of hydrogen-bond donors (Lipinski definition) is 1. The van der Waals surface area contributed by atoms with E-state index in [0.29, 0.717) is 30.2 Å². The maximum atomic E-state index is 12.2. The van der Waals surface area contributed by atoms with Crippen LogP contribution >= 0.6 is 11.8 Å². The van der Waals surface area contributed by atoms with Crippen molar-refractivity contribution < 1.29 is 0 Å². The lowest BCUT2D eigenvalue weighted by atomic mass is 10.1. The van der Waals surface area contributed by atoms with Gasteiger partial charge in [-0.05, 0) is 25.7 Å². The summed E-state index contributed by atoms with van der Waals surface area (Å²) >= 11 is 1.38. The molecule has 1 aromatic heterocycles. The third-order valence-corrected chi connectivity index (χ3v) is 3.98. The number of nitrogens with zero attached hydrogens (tertiary/aromatic N) is 4. The number of aryl methyl sites for hydroxylation is 2. The van der Waals surface area contributed by atoms with Crippen LogP contribution in [0.2, 0.25) is 0 Å². The van der Waals surface area contributed by atoms with Crippen molar-refractivity contribution in [3.05, 3.63) is 52.3 Å². The van der Waals surface area contributed by atoms with E-state index in [-0.39, 0.29) is 5.56 Å². The predicted molar refractivity (Wildman–Crippen MR) is 97.9 cm³/mol. The Morgan fingerprint density at radius 1 is 1.42 bits per heavy atom. The highest BCUT2D eigenvalue weighted by Crippen LogP contribution is 2.15. The Labute approximate surface area is 145 Å². The van der Waals surface area contributed by atoms with E-state index in [1.807, 2.05) is 48.8 Å². The van der Waals surface area contributed by atoms with Crippen molar-refractivity contribution in [2.75, 3.05) is 12.8 Å². The summed E-state index contributed by atoms with van der Waals surface area (Å²) in [6, 6.07) is 11.6. The van der Waals surface area contributed by atoms with Crippen LogP contribution in [-0.2, 0) is 6.54 Å². The van der Waals surface area contributed by atoms with E-state index in [4.69, 9.17) is 5.26 Å². The van der Waals surface area contributed by atoms with Crippen molar-refractivity contribution in [1.29, 1.82) is 5.26 Å². The molecule has 0 unspecified atom stereocenters. The first-order valence-corrected chi connectivity index (χ1v) is 8.76. The number of amidine groups is 1. The van der Waals surface area contributed by atoms with Gasteiger partial charge in [0.05, 0.1) is 5.69 Å². The minimum Gasteiger partial charge on any atom is -0.272 e. The van der Waals surface area contributed by atoms with Crippen LogP contribution in [0.5, 0.6) is 0 Å². The Morgan fingerprint density at radius 2 is 2.17 bits per heavy atom. The SMILES string of the molecule is CSC(=NCCCn1nc(-c2ccccc2)cc(C)c1=O)NC#N. The summed E-state index contributed by atoms with van der Waals surface area (Å²) in [6.45, 7) is 2.80. The van der Waals surface area contributed by atoms with Crippen LogP contribution in [0.3, 0.4) is 0 Å². The molecular weight excluding hydrogens is 322 g/mol. The van der Waals surface area contributed by atoms with E-state index in [2.05, 4.69) is 15.4 Å². The highest BCUT2D eigenvalue weighted by Gasteiger charge is 2.07. The lowest BCUT2D eigenvalue weighted by molar-refractivity contribution is 0.553. The van der Waals surface area contributed by atoms with Gasteiger partial charge in [-0.2, -0.15) is 10.4 Å². The van der Waals surface area contributed by atoms with Crippen LogP contribution in [0.1, 0.15) is 12.0 Å². The number of hydrogen-bond acceptors (Lipinski definition) is 5. The molecule has 0 aliphatic heterocycles. The number of thioether (sulfide) groups is 1. The smallest absolute Gasteiger partial charge is 0.269 e. The van der Waals surface area contributed by atoms with Gasteiger partial charge in [-0.25, -0.2) is 4.68 Å². The fourth-order valence-corrected chi connectivity index (χ4v) is 2.55. The fourth-order valence-electron chi connectivity index (χ4n) is 2.18. The molecule has 1 aromatic carbocycles. The molecule has 1 N–H and O–H groups in total. The maximum Gasteiger partial charge on any atom is 0.269 e. The van der Waals surface area contributed by atoms with Crippen molar-refractivity contribution in [3.8, 4) is 17.5 Å². The first-order chi connectivity index (χ1) is 11.7. The van der Waals surface area contributed by atoms with Crippen molar-refractivity contribution >= 4 is 16.9 Å². The van der Waals surface area contributed by atoms with Gasteiger partial charge in [0, 0.05) is 24.2 Å². The van der Waals surface area contributed by atoms with E-state index in [0.717, 1.165) is 11.3 Å². The largest absolute Gasteiger partial charge is 0.272 e. The molecule has 7 heteroatoms. The molecule has 6 nitrogen and oxygen atoms in total. The minimum atomic E-state index is -0.0844. The normalized spacial score (nSPS) is 11.1. The van der Waals surface area contributed by atoms with Gasteiger partial charge >= 0.3 is 0 Å². The minimum absolute atomic E-state index is 0.0844. The molecule has 0 radical (unpaired) electrons. The number of rotatable bonds is 5. The molecule has 0 atom stereocenters. The zero-order chi connectivity index (χ0) is 17.4. The summed E-state index contributed by atoms with van der Waals surface area (Å²) in [4.78, 5) is 16.5. The summed E-state index contributed by atoms with van der Waals surface area (Å²) in [6.07, 6.45) is 4.37. The van der Waals surface area contributed by atoms with Crippen LogP contribution in [0.25, 0.3) is 11.3 Å². The van der Waals surface area contributed by atoms with E-state index in [1.54, 1.807) is 6.92 Å². The molecule has 0 amide bonds. The second-order valence-electron chi connectivity index (χ2n) is 5.09. The topological polar surface area (TPSA) is 83.1 Å². The molecule has 0 aliphatic rings. The van der Waals surface area contributed by atoms with Gasteiger partial charge in [-0.3, -0.25) is 15.1 Å². The molecule has 0 saturated heterocycles. The molecule has 2 aromatic rings.